The van der Waals surface area contributed by atoms with Gasteiger partial charge in [-0.3, -0.25) is 9.69 Å². The van der Waals surface area contributed by atoms with Crippen LogP contribution in [-0.2, 0) is 4.79 Å². The van der Waals surface area contributed by atoms with Crippen LogP contribution in [-0.4, -0.2) is 25.0 Å². The maximum Gasteiger partial charge on any atom is 0.321 e. The van der Waals surface area contributed by atoms with Crippen LogP contribution in [0, 0.1) is 5.92 Å². The molecule has 3 rings (SSSR count). The molecule has 0 atom stereocenters. The van der Waals surface area contributed by atoms with Gasteiger partial charge >= 0.3 is 6.03 Å². The first-order valence-corrected chi connectivity index (χ1v) is 7.20. The highest BCUT2D eigenvalue weighted by Gasteiger charge is 2.25. The minimum atomic E-state index is -0.0532. The number of carbonyl (C=O) groups excluding carboxylic acids is 2. The smallest absolute Gasteiger partial charge is 0.321 e. The normalized spacial score (nSPS) is 19.2. The van der Waals surface area contributed by atoms with Crippen LogP contribution < -0.4 is 15.5 Å². The van der Waals surface area contributed by atoms with Gasteiger partial charge in [0.05, 0.1) is 0 Å². The van der Waals surface area contributed by atoms with E-state index in [9.17, 15) is 9.59 Å². The molecule has 0 aromatic heterocycles. The Balaban J connectivity index is 1.64. The summed E-state index contributed by atoms with van der Waals surface area (Å²) in [6.07, 6.45) is 4.10. The van der Waals surface area contributed by atoms with Gasteiger partial charge in [-0.05, 0) is 43.5 Å². The van der Waals surface area contributed by atoms with Crippen molar-refractivity contribution in [3.05, 3.63) is 24.3 Å². The molecule has 1 saturated carbocycles. The van der Waals surface area contributed by atoms with Gasteiger partial charge in [0.25, 0.3) is 0 Å². The average molecular weight is 273 g/mol. The third kappa shape index (κ3) is 2.61. The molecule has 0 spiro atoms. The van der Waals surface area contributed by atoms with Gasteiger partial charge in [-0.1, -0.05) is 6.42 Å². The Kier molecular flexibility index (Phi) is 3.58. The monoisotopic (exact) mass is 273 g/mol. The summed E-state index contributed by atoms with van der Waals surface area (Å²) in [7, 11) is 0. The molecule has 3 amide bonds. The van der Waals surface area contributed by atoms with E-state index < -0.39 is 0 Å². The summed E-state index contributed by atoms with van der Waals surface area (Å²) in [5.41, 5.74) is 1.66. The van der Waals surface area contributed by atoms with Crippen LogP contribution in [0.4, 0.5) is 16.2 Å². The van der Waals surface area contributed by atoms with E-state index in [1.165, 1.54) is 0 Å². The fourth-order valence-corrected chi connectivity index (χ4v) is 2.52. The molecule has 0 unspecified atom stereocenters. The van der Waals surface area contributed by atoms with Crippen molar-refractivity contribution in [2.45, 2.75) is 25.7 Å². The zero-order chi connectivity index (χ0) is 13.9. The van der Waals surface area contributed by atoms with Crippen LogP contribution >= 0.6 is 0 Å². The number of hydrogen-bond donors (Lipinski definition) is 2. The van der Waals surface area contributed by atoms with Gasteiger partial charge in [0, 0.05) is 30.4 Å². The van der Waals surface area contributed by atoms with E-state index >= 15 is 0 Å². The SMILES string of the molecule is O=C(Nc1ccc(N2CCCNC2=O)cc1)C1CCC1. The molecule has 0 radical (unpaired) electrons. The lowest BCUT2D eigenvalue weighted by Gasteiger charge is -2.27. The summed E-state index contributed by atoms with van der Waals surface area (Å²) in [4.78, 5) is 25.3. The quantitative estimate of drug-likeness (QED) is 0.888. The second-order valence-electron chi connectivity index (χ2n) is 5.40. The van der Waals surface area contributed by atoms with Crippen molar-refractivity contribution in [2.24, 2.45) is 5.92 Å². The van der Waals surface area contributed by atoms with Crippen molar-refractivity contribution in [3.63, 3.8) is 0 Å². The number of benzene rings is 1. The highest BCUT2D eigenvalue weighted by Crippen LogP contribution is 2.28. The zero-order valence-electron chi connectivity index (χ0n) is 11.4. The predicted molar refractivity (Wildman–Crippen MR) is 77.8 cm³/mol. The maximum absolute atomic E-state index is 11.8. The summed E-state index contributed by atoms with van der Waals surface area (Å²) in [6, 6.07) is 7.41. The fourth-order valence-electron chi connectivity index (χ4n) is 2.52. The van der Waals surface area contributed by atoms with Crippen molar-refractivity contribution < 1.29 is 9.59 Å². The van der Waals surface area contributed by atoms with Crippen LogP contribution in [0.5, 0.6) is 0 Å². The van der Waals surface area contributed by atoms with Gasteiger partial charge < -0.3 is 10.6 Å². The Morgan fingerprint density at radius 2 is 1.95 bits per heavy atom. The Morgan fingerprint density at radius 3 is 2.55 bits per heavy atom. The lowest BCUT2D eigenvalue weighted by molar-refractivity contribution is -0.122. The highest BCUT2D eigenvalue weighted by atomic mass is 16.2. The van der Waals surface area contributed by atoms with E-state index in [2.05, 4.69) is 10.6 Å². The summed E-state index contributed by atoms with van der Waals surface area (Å²) >= 11 is 0. The molecule has 1 heterocycles. The molecule has 106 valence electrons. The summed E-state index contributed by atoms with van der Waals surface area (Å²) < 4.78 is 0. The number of anilines is 2. The van der Waals surface area contributed by atoms with E-state index in [1.807, 2.05) is 24.3 Å². The first-order valence-electron chi connectivity index (χ1n) is 7.20. The van der Waals surface area contributed by atoms with Gasteiger partial charge in [-0.2, -0.15) is 0 Å². The van der Waals surface area contributed by atoms with E-state index in [1.54, 1.807) is 4.90 Å². The summed E-state index contributed by atoms with van der Waals surface area (Å²) in [5.74, 6) is 0.294. The summed E-state index contributed by atoms with van der Waals surface area (Å²) in [6.45, 7) is 1.48. The molecule has 1 saturated heterocycles. The lowest BCUT2D eigenvalue weighted by Crippen LogP contribution is -2.46. The van der Waals surface area contributed by atoms with Crippen LogP contribution in [0.15, 0.2) is 24.3 Å². The molecule has 1 aromatic carbocycles. The molecule has 20 heavy (non-hydrogen) atoms. The Hall–Kier alpha value is -2.04. The number of carbonyl (C=O) groups is 2. The van der Waals surface area contributed by atoms with Crippen molar-refractivity contribution in [2.75, 3.05) is 23.3 Å². The van der Waals surface area contributed by atoms with Crippen LogP contribution in [0.1, 0.15) is 25.7 Å². The average Bonchev–Trinajstić information content (AvgIpc) is 2.38. The molecule has 5 heteroatoms. The molecular formula is C15H19N3O2. The topological polar surface area (TPSA) is 61.4 Å². The molecule has 0 bridgehead atoms. The van der Waals surface area contributed by atoms with Gasteiger partial charge in [0.15, 0.2) is 0 Å². The molecule has 2 aliphatic rings. The van der Waals surface area contributed by atoms with E-state index in [4.69, 9.17) is 0 Å². The number of rotatable bonds is 3. The Labute approximate surface area is 118 Å². The number of amides is 3. The number of nitrogens with one attached hydrogen (secondary N) is 2. The third-order valence-corrected chi connectivity index (χ3v) is 4.00. The number of hydrogen-bond acceptors (Lipinski definition) is 2. The predicted octanol–water partition coefficient (Wildman–Crippen LogP) is 2.34. The van der Waals surface area contributed by atoms with E-state index in [-0.39, 0.29) is 17.9 Å². The summed E-state index contributed by atoms with van der Waals surface area (Å²) in [5, 5.41) is 5.75. The largest absolute Gasteiger partial charge is 0.338 e. The van der Waals surface area contributed by atoms with E-state index in [0.717, 1.165) is 50.1 Å². The van der Waals surface area contributed by atoms with Gasteiger partial charge in [0.2, 0.25) is 5.91 Å². The number of nitrogens with zero attached hydrogens (tertiary/aromatic N) is 1. The molecule has 1 aliphatic carbocycles. The van der Waals surface area contributed by atoms with Crippen molar-refractivity contribution in [1.29, 1.82) is 0 Å². The highest BCUT2D eigenvalue weighted by molar-refractivity contribution is 5.95. The second-order valence-corrected chi connectivity index (χ2v) is 5.40. The fraction of sp³-hybridized carbons (Fsp3) is 0.467. The van der Waals surface area contributed by atoms with Crippen LogP contribution in [0.25, 0.3) is 0 Å². The lowest BCUT2D eigenvalue weighted by atomic mass is 9.85. The first kappa shape index (κ1) is 13.0. The van der Waals surface area contributed by atoms with Gasteiger partial charge in [-0.15, -0.1) is 0 Å². The van der Waals surface area contributed by atoms with Gasteiger partial charge in [0.1, 0.15) is 0 Å². The molecule has 5 nitrogen and oxygen atoms in total. The van der Waals surface area contributed by atoms with Crippen molar-refractivity contribution in [3.8, 4) is 0 Å². The Bertz CT molecular complexity index is 508. The maximum atomic E-state index is 11.8. The standard InChI is InChI=1S/C15H19N3O2/c19-14(11-3-1-4-11)17-12-5-7-13(8-6-12)18-10-2-9-16-15(18)20/h5-8,11H,1-4,9-10H2,(H,16,20)(H,17,19). The van der Waals surface area contributed by atoms with E-state index in [0.29, 0.717) is 0 Å². The second kappa shape index (κ2) is 5.53. The molecule has 2 fully saturated rings. The van der Waals surface area contributed by atoms with Crippen LogP contribution in [0.2, 0.25) is 0 Å². The zero-order valence-corrected chi connectivity index (χ0v) is 11.4. The molecule has 2 N–H and O–H groups in total. The van der Waals surface area contributed by atoms with Gasteiger partial charge in [-0.25, -0.2) is 4.79 Å². The Morgan fingerprint density at radius 1 is 1.20 bits per heavy atom. The third-order valence-electron chi connectivity index (χ3n) is 4.00. The van der Waals surface area contributed by atoms with Crippen molar-refractivity contribution in [1.82, 2.24) is 5.32 Å². The number of urea groups is 1. The minimum absolute atomic E-state index is 0.0532. The first-order chi connectivity index (χ1) is 9.74. The molecule has 1 aliphatic heterocycles. The van der Waals surface area contributed by atoms with Crippen LogP contribution in [0.3, 0.4) is 0 Å². The minimum Gasteiger partial charge on any atom is -0.338 e. The molecular weight excluding hydrogens is 254 g/mol. The van der Waals surface area contributed by atoms with Crippen molar-refractivity contribution >= 4 is 23.3 Å². The molecule has 1 aromatic rings.